The predicted octanol–water partition coefficient (Wildman–Crippen LogP) is 16.1. The number of hydrogen-bond acceptors (Lipinski definition) is 5. The van der Waals surface area contributed by atoms with Gasteiger partial charge < -0.3 is 4.42 Å². The van der Waals surface area contributed by atoms with Gasteiger partial charge in [0.2, 0.25) is 5.95 Å². The first-order valence-electron chi connectivity index (χ1n) is 21.4. The van der Waals surface area contributed by atoms with Crippen LogP contribution in [0.15, 0.2) is 199 Å². The Morgan fingerprint density at radius 1 is 0.429 bits per heavy atom. The Labute approximate surface area is 367 Å². The van der Waals surface area contributed by atoms with Crippen LogP contribution in [0, 0.1) is 0 Å². The Morgan fingerprint density at radius 2 is 1.08 bits per heavy atom. The highest BCUT2D eigenvalue weighted by molar-refractivity contribution is 7.26. The monoisotopic (exact) mass is 826 g/mol. The van der Waals surface area contributed by atoms with Gasteiger partial charge in [-0.25, -0.2) is 4.98 Å². The average molecular weight is 827 g/mol. The van der Waals surface area contributed by atoms with Crippen LogP contribution in [0.1, 0.15) is 13.8 Å². The molecule has 0 saturated carbocycles. The normalized spacial score (nSPS) is 11.7. The highest BCUT2D eigenvalue weighted by Crippen LogP contribution is 2.46. The van der Waals surface area contributed by atoms with Gasteiger partial charge in [-0.05, 0) is 58.3 Å². The van der Waals surface area contributed by atoms with Crippen molar-refractivity contribution in [3.63, 3.8) is 0 Å². The third-order valence-electron chi connectivity index (χ3n) is 12.1. The van der Waals surface area contributed by atoms with E-state index in [1.807, 2.05) is 61.6 Å². The lowest BCUT2D eigenvalue weighted by molar-refractivity contribution is 0.669. The van der Waals surface area contributed by atoms with Gasteiger partial charge in [-0.1, -0.05) is 172 Å². The van der Waals surface area contributed by atoms with Crippen LogP contribution < -0.4 is 0 Å². The summed E-state index contributed by atoms with van der Waals surface area (Å²) in [5, 5.41) is 9.47. The topological polar surface area (TPSA) is 56.7 Å². The molecular weight excluding hydrogens is 789 g/mol. The summed E-state index contributed by atoms with van der Waals surface area (Å²) >= 11 is 1.86. The van der Waals surface area contributed by atoms with Gasteiger partial charge in [0.05, 0.1) is 11.0 Å². The van der Waals surface area contributed by atoms with Crippen LogP contribution in [0.3, 0.4) is 0 Å². The summed E-state index contributed by atoms with van der Waals surface area (Å²) in [6.45, 7) is 4.00. The van der Waals surface area contributed by atoms with E-state index in [4.69, 9.17) is 19.4 Å². The van der Waals surface area contributed by atoms with Crippen molar-refractivity contribution in [2.45, 2.75) is 13.8 Å². The van der Waals surface area contributed by atoms with Crippen LogP contribution in [-0.4, -0.2) is 19.5 Å². The van der Waals surface area contributed by atoms with Crippen LogP contribution in [0.5, 0.6) is 0 Å². The quantitative estimate of drug-likeness (QED) is 0.173. The number of rotatable bonds is 5. The molecule has 4 aromatic heterocycles. The number of aromatic nitrogens is 4. The maximum Gasteiger partial charge on any atom is 0.238 e. The molecule has 0 amide bonds. The average Bonchev–Trinajstić information content (AvgIpc) is 4.04. The largest absolute Gasteiger partial charge is 0.456 e. The molecule has 0 bridgehead atoms. The van der Waals surface area contributed by atoms with Crippen molar-refractivity contribution < 1.29 is 4.42 Å². The minimum atomic E-state index is 0.544. The van der Waals surface area contributed by atoms with Gasteiger partial charge in [0.1, 0.15) is 11.2 Å². The van der Waals surface area contributed by atoms with E-state index in [1.165, 1.54) is 42.1 Å². The molecule has 0 radical (unpaired) electrons. The standard InChI is InChI=1S/C55H32N4OS.C2H6/c1-3-13-33(14-4-1)36-26-29-46-45(31-36)42-21-11-20-41(43-22-12-23-44-50-38-18-8-7-15-34(38)27-30-49(50)61-52(43)44)51(42)59(46)55-57-53(35-16-5-2-6-17-35)56-54(58-55)37-25-28-40-39-19-9-10-24-47(39)60-48(40)32-37;1-2/h1-32H;1-2H3. The Morgan fingerprint density at radius 3 is 1.90 bits per heavy atom. The van der Waals surface area contributed by atoms with Crippen LogP contribution in [-0.2, 0) is 0 Å². The van der Waals surface area contributed by atoms with E-state index in [-0.39, 0.29) is 0 Å². The molecule has 0 aliphatic rings. The first-order valence-corrected chi connectivity index (χ1v) is 22.2. The zero-order valence-electron chi connectivity index (χ0n) is 34.6. The molecule has 0 N–H and O–H groups in total. The molecule has 298 valence electrons. The molecule has 0 aliphatic heterocycles. The molecule has 0 saturated heterocycles. The summed E-state index contributed by atoms with van der Waals surface area (Å²) in [4.78, 5) is 15.9. The molecule has 0 spiro atoms. The first kappa shape index (κ1) is 36.9. The maximum absolute atomic E-state index is 6.36. The Hall–Kier alpha value is -7.93. The van der Waals surface area contributed by atoms with Crippen LogP contribution >= 0.6 is 11.3 Å². The van der Waals surface area contributed by atoms with Crippen molar-refractivity contribution in [1.29, 1.82) is 0 Å². The lowest BCUT2D eigenvalue weighted by Gasteiger charge is -2.13. The minimum Gasteiger partial charge on any atom is -0.456 e. The zero-order chi connectivity index (χ0) is 42.0. The first-order chi connectivity index (χ1) is 31.2. The van der Waals surface area contributed by atoms with E-state index in [2.05, 4.69) is 162 Å². The van der Waals surface area contributed by atoms with Crippen LogP contribution in [0.4, 0.5) is 0 Å². The van der Waals surface area contributed by atoms with E-state index >= 15 is 0 Å². The summed E-state index contributed by atoms with van der Waals surface area (Å²) in [7, 11) is 0. The number of nitrogens with zero attached hydrogens (tertiary/aromatic N) is 4. The fourth-order valence-electron chi connectivity index (χ4n) is 9.26. The lowest BCUT2D eigenvalue weighted by Crippen LogP contribution is -2.07. The molecule has 0 unspecified atom stereocenters. The van der Waals surface area contributed by atoms with Crippen molar-refractivity contribution in [1.82, 2.24) is 19.5 Å². The third kappa shape index (κ3) is 5.94. The van der Waals surface area contributed by atoms with E-state index in [9.17, 15) is 0 Å². The molecule has 4 heterocycles. The number of fused-ring (bicyclic) bond motifs is 11. The van der Waals surface area contributed by atoms with Crippen LogP contribution in [0.25, 0.3) is 126 Å². The molecule has 5 nitrogen and oxygen atoms in total. The number of para-hydroxylation sites is 2. The summed E-state index contributed by atoms with van der Waals surface area (Å²) in [6.07, 6.45) is 0. The Balaban J connectivity index is 0.00000208. The number of hydrogen-bond donors (Lipinski definition) is 0. The third-order valence-corrected chi connectivity index (χ3v) is 13.3. The summed E-state index contributed by atoms with van der Waals surface area (Å²) in [5.41, 5.74) is 10.1. The van der Waals surface area contributed by atoms with E-state index in [0.717, 1.165) is 66.0 Å². The van der Waals surface area contributed by atoms with E-state index in [1.54, 1.807) is 0 Å². The Kier molecular flexibility index (Phi) is 8.73. The molecule has 0 atom stereocenters. The van der Waals surface area contributed by atoms with Gasteiger partial charge >= 0.3 is 0 Å². The molecule has 13 rings (SSSR count). The maximum atomic E-state index is 6.36. The van der Waals surface area contributed by atoms with Crippen LogP contribution in [0.2, 0.25) is 0 Å². The van der Waals surface area contributed by atoms with Gasteiger partial charge in [0.15, 0.2) is 11.6 Å². The molecule has 0 aliphatic carbocycles. The zero-order valence-corrected chi connectivity index (χ0v) is 35.4. The number of furan rings is 1. The minimum absolute atomic E-state index is 0.544. The van der Waals surface area contributed by atoms with Crippen molar-refractivity contribution in [2.75, 3.05) is 0 Å². The molecule has 6 heteroatoms. The van der Waals surface area contributed by atoms with Crippen molar-refractivity contribution in [2.24, 2.45) is 0 Å². The summed E-state index contributed by atoms with van der Waals surface area (Å²) < 4.78 is 11.2. The van der Waals surface area contributed by atoms with Gasteiger partial charge in [-0.15, -0.1) is 11.3 Å². The second-order valence-electron chi connectivity index (χ2n) is 15.5. The van der Waals surface area contributed by atoms with Gasteiger partial charge in [0.25, 0.3) is 0 Å². The van der Waals surface area contributed by atoms with Crippen molar-refractivity contribution in [3.8, 4) is 51.0 Å². The Bertz CT molecular complexity index is 3880. The lowest BCUT2D eigenvalue weighted by atomic mass is 9.98. The molecule has 63 heavy (non-hydrogen) atoms. The van der Waals surface area contributed by atoms with Gasteiger partial charge in [-0.3, -0.25) is 4.57 Å². The molecule has 9 aromatic carbocycles. The molecule has 0 fully saturated rings. The number of thiophene rings is 1. The predicted molar refractivity (Wildman–Crippen MR) is 265 cm³/mol. The fourth-order valence-corrected chi connectivity index (χ4v) is 10.5. The van der Waals surface area contributed by atoms with Gasteiger partial charge in [0, 0.05) is 64.0 Å². The fraction of sp³-hybridized carbons (Fsp3) is 0.0351. The summed E-state index contributed by atoms with van der Waals surface area (Å²) in [5.74, 6) is 1.71. The highest BCUT2D eigenvalue weighted by atomic mass is 32.1. The van der Waals surface area contributed by atoms with E-state index in [0.29, 0.717) is 17.6 Å². The molecular formula is C57H38N4OS. The van der Waals surface area contributed by atoms with Gasteiger partial charge in [-0.2, -0.15) is 9.97 Å². The summed E-state index contributed by atoms with van der Waals surface area (Å²) in [6, 6.07) is 68.5. The van der Waals surface area contributed by atoms with Crippen molar-refractivity contribution in [3.05, 3.63) is 194 Å². The van der Waals surface area contributed by atoms with E-state index < -0.39 is 0 Å². The second kappa shape index (κ2) is 14.9. The molecule has 13 aromatic rings. The number of benzene rings is 9. The SMILES string of the molecule is CC.c1ccc(-c2ccc3c(c2)c2cccc(-c4cccc5c4sc4ccc6ccccc6c45)c2n3-c2nc(-c3ccccc3)nc(-c3ccc4c(c3)oc3ccccc34)n2)cc1. The smallest absolute Gasteiger partial charge is 0.238 e. The van der Waals surface area contributed by atoms with Crippen molar-refractivity contribution >= 4 is 86.0 Å². The second-order valence-corrected chi connectivity index (χ2v) is 16.6. The highest BCUT2D eigenvalue weighted by Gasteiger charge is 2.23.